The molecule has 0 bridgehead atoms. The van der Waals surface area contributed by atoms with Gasteiger partial charge < -0.3 is 18.6 Å². The van der Waals surface area contributed by atoms with Crippen LogP contribution in [-0.4, -0.2) is 57.1 Å². The first-order valence-electron chi connectivity index (χ1n) is 11.2. The Kier molecular flexibility index (Phi) is 7.33. The fourth-order valence-corrected chi connectivity index (χ4v) is 5.99. The van der Waals surface area contributed by atoms with Crippen molar-refractivity contribution in [2.75, 3.05) is 32.5 Å². The molecular formula is C23H26ClF4N5O2S. The number of benzene rings is 1. The molecule has 0 amide bonds. The van der Waals surface area contributed by atoms with E-state index in [1.807, 2.05) is 18.5 Å². The molecule has 3 heterocycles. The second-order valence-electron chi connectivity index (χ2n) is 9.13. The molecule has 0 N–H and O–H groups in total. The van der Waals surface area contributed by atoms with Gasteiger partial charge in [0.05, 0.1) is 12.8 Å². The standard InChI is InChI=1S/C23H25F4N5O2S.ClH/c1-13-19(34-12-28-13)20-29-30-21(31(20)2)35-8-4-7-32-10-14-9-22(14,11-32)15-5-6-16(33-3)17(18(15)24)23(25,26)27;/h5-6,12,14H,4,7-11H2,1-3H3;1H/t14-,22-;/m1./s1. The van der Waals surface area contributed by atoms with Crippen molar-refractivity contribution in [3.63, 3.8) is 0 Å². The lowest BCUT2D eigenvalue weighted by Gasteiger charge is -2.23. The van der Waals surface area contributed by atoms with E-state index in [2.05, 4.69) is 20.1 Å². The molecule has 0 radical (unpaired) electrons. The van der Waals surface area contributed by atoms with E-state index < -0.39 is 28.7 Å². The van der Waals surface area contributed by atoms with Crippen molar-refractivity contribution in [1.82, 2.24) is 24.6 Å². The number of aryl methyl sites for hydroxylation is 1. The fourth-order valence-electron chi connectivity index (χ4n) is 5.16. The van der Waals surface area contributed by atoms with Crippen molar-refractivity contribution in [3.8, 4) is 17.3 Å². The summed E-state index contributed by atoms with van der Waals surface area (Å²) in [4.78, 5) is 6.30. The SMILES string of the molecule is COc1ccc([C@@]23C[C@@H]2CN(CCCSc2nnc(-c4ocnc4C)n2C)C3)c(F)c1C(F)(F)F.Cl. The maximum absolute atomic E-state index is 15.1. The Balaban J connectivity index is 0.00000304. The van der Waals surface area contributed by atoms with E-state index in [1.165, 1.54) is 18.5 Å². The maximum Gasteiger partial charge on any atom is 0.422 e. The number of thioether (sulfide) groups is 1. The van der Waals surface area contributed by atoms with Gasteiger partial charge in [0.25, 0.3) is 0 Å². The number of alkyl halides is 3. The average Bonchev–Trinajstić information content (AvgIpc) is 3.09. The molecule has 13 heteroatoms. The van der Waals surface area contributed by atoms with Crippen molar-refractivity contribution >= 4 is 24.2 Å². The van der Waals surface area contributed by atoms with Crippen molar-refractivity contribution < 1.29 is 26.7 Å². The number of likely N-dealkylation sites (tertiary alicyclic amines) is 1. The van der Waals surface area contributed by atoms with Gasteiger partial charge >= 0.3 is 6.18 Å². The van der Waals surface area contributed by atoms with Crippen LogP contribution in [0.25, 0.3) is 11.6 Å². The lowest BCUT2D eigenvalue weighted by molar-refractivity contribution is -0.141. The average molecular weight is 548 g/mol. The van der Waals surface area contributed by atoms with Gasteiger partial charge in [-0.25, -0.2) is 9.37 Å². The molecule has 7 nitrogen and oxygen atoms in total. The molecule has 0 spiro atoms. The van der Waals surface area contributed by atoms with E-state index in [9.17, 15) is 13.2 Å². The van der Waals surface area contributed by atoms with Gasteiger partial charge in [-0.1, -0.05) is 17.8 Å². The molecule has 5 rings (SSSR count). The summed E-state index contributed by atoms with van der Waals surface area (Å²) >= 11 is 1.57. The predicted molar refractivity (Wildman–Crippen MR) is 128 cm³/mol. The van der Waals surface area contributed by atoms with Crippen LogP contribution in [0.2, 0.25) is 0 Å². The largest absolute Gasteiger partial charge is 0.496 e. The summed E-state index contributed by atoms with van der Waals surface area (Å²) in [5.74, 6) is 0.494. The second kappa shape index (κ2) is 9.86. The predicted octanol–water partition coefficient (Wildman–Crippen LogP) is 5.12. The van der Waals surface area contributed by atoms with Gasteiger partial charge in [0.1, 0.15) is 17.1 Å². The van der Waals surface area contributed by atoms with E-state index >= 15 is 4.39 Å². The van der Waals surface area contributed by atoms with Gasteiger partial charge in [-0.3, -0.25) is 0 Å². The minimum absolute atomic E-state index is 0. The maximum atomic E-state index is 15.1. The molecule has 2 aromatic heterocycles. The lowest BCUT2D eigenvalue weighted by atomic mass is 9.92. The summed E-state index contributed by atoms with van der Waals surface area (Å²) in [5.41, 5.74) is -0.955. The highest BCUT2D eigenvalue weighted by atomic mass is 35.5. The normalized spacial score (nSPS) is 21.4. The molecule has 2 atom stereocenters. The van der Waals surface area contributed by atoms with Crippen LogP contribution in [0.4, 0.5) is 17.6 Å². The number of nitrogens with zero attached hydrogens (tertiary/aromatic N) is 5. The molecule has 2 aliphatic rings. The number of ether oxygens (including phenoxy) is 1. The number of halogens is 5. The minimum Gasteiger partial charge on any atom is -0.496 e. The zero-order chi connectivity index (χ0) is 25.0. The Labute approximate surface area is 216 Å². The highest BCUT2D eigenvalue weighted by Crippen LogP contribution is 2.60. The van der Waals surface area contributed by atoms with Gasteiger partial charge in [-0.15, -0.1) is 22.6 Å². The molecule has 0 unspecified atom stereocenters. The monoisotopic (exact) mass is 547 g/mol. The molecule has 1 aromatic carbocycles. The number of oxazole rings is 1. The van der Waals surface area contributed by atoms with Crippen molar-refractivity contribution in [2.45, 2.75) is 36.5 Å². The first-order chi connectivity index (χ1) is 16.7. The van der Waals surface area contributed by atoms with Crippen LogP contribution in [0, 0.1) is 18.7 Å². The van der Waals surface area contributed by atoms with E-state index in [0.29, 0.717) is 24.6 Å². The first-order valence-corrected chi connectivity index (χ1v) is 12.2. The van der Waals surface area contributed by atoms with E-state index in [1.54, 1.807) is 11.8 Å². The number of fused-ring (bicyclic) bond motifs is 1. The quantitative estimate of drug-likeness (QED) is 0.220. The molecule has 1 aliphatic heterocycles. The van der Waals surface area contributed by atoms with Crippen LogP contribution in [0.15, 0.2) is 28.1 Å². The number of methoxy groups -OCH3 is 1. The Hall–Kier alpha value is -2.31. The molecular weight excluding hydrogens is 522 g/mol. The van der Waals surface area contributed by atoms with Crippen LogP contribution in [0.1, 0.15) is 29.7 Å². The van der Waals surface area contributed by atoms with E-state index in [4.69, 9.17) is 9.15 Å². The Morgan fingerprint density at radius 3 is 2.72 bits per heavy atom. The molecule has 1 saturated carbocycles. The van der Waals surface area contributed by atoms with Crippen molar-refractivity contribution in [1.29, 1.82) is 0 Å². The summed E-state index contributed by atoms with van der Waals surface area (Å²) in [7, 11) is 2.99. The first kappa shape index (κ1) is 26.7. The Bertz CT molecular complexity index is 1250. The summed E-state index contributed by atoms with van der Waals surface area (Å²) < 4.78 is 67.6. The van der Waals surface area contributed by atoms with Gasteiger partial charge in [-0.2, -0.15) is 13.2 Å². The zero-order valence-electron chi connectivity index (χ0n) is 19.9. The zero-order valence-corrected chi connectivity index (χ0v) is 21.6. The van der Waals surface area contributed by atoms with Crippen LogP contribution >= 0.6 is 24.2 Å². The van der Waals surface area contributed by atoms with Gasteiger partial charge in [0.15, 0.2) is 17.3 Å². The number of hydrogen-bond acceptors (Lipinski definition) is 7. The Morgan fingerprint density at radius 1 is 1.28 bits per heavy atom. The summed E-state index contributed by atoms with van der Waals surface area (Å²) in [6.45, 7) is 3.94. The van der Waals surface area contributed by atoms with Crippen molar-refractivity contribution in [3.05, 3.63) is 41.2 Å². The fraction of sp³-hybridized carbons (Fsp3) is 0.522. The molecule has 196 valence electrons. The highest BCUT2D eigenvalue weighted by Gasteiger charge is 2.62. The number of hydrogen-bond donors (Lipinski definition) is 0. The van der Waals surface area contributed by atoms with Gasteiger partial charge in [0, 0.05) is 31.3 Å². The third kappa shape index (κ3) is 4.58. The lowest BCUT2D eigenvalue weighted by Crippen LogP contribution is -2.28. The smallest absolute Gasteiger partial charge is 0.422 e. The topological polar surface area (TPSA) is 69.2 Å². The number of piperidine rings is 1. The summed E-state index contributed by atoms with van der Waals surface area (Å²) in [5, 5.41) is 9.20. The van der Waals surface area contributed by atoms with Crippen LogP contribution < -0.4 is 4.74 Å². The van der Waals surface area contributed by atoms with Crippen molar-refractivity contribution in [2.24, 2.45) is 13.0 Å². The van der Waals surface area contributed by atoms with E-state index in [0.717, 1.165) is 43.2 Å². The third-order valence-electron chi connectivity index (χ3n) is 6.99. The molecule has 3 aromatic rings. The van der Waals surface area contributed by atoms with Gasteiger partial charge in [0.2, 0.25) is 5.82 Å². The van der Waals surface area contributed by atoms with E-state index in [-0.39, 0.29) is 23.9 Å². The molecule has 36 heavy (non-hydrogen) atoms. The number of rotatable bonds is 8. The van der Waals surface area contributed by atoms with Crippen LogP contribution in [0.3, 0.4) is 0 Å². The highest BCUT2D eigenvalue weighted by molar-refractivity contribution is 7.99. The molecule has 1 saturated heterocycles. The number of aromatic nitrogens is 4. The van der Waals surface area contributed by atoms with Crippen LogP contribution in [-0.2, 0) is 18.6 Å². The summed E-state index contributed by atoms with van der Waals surface area (Å²) in [6.07, 6.45) is -1.87. The third-order valence-corrected chi connectivity index (χ3v) is 8.10. The molecule has 2 fully saturated rings. The Morgan fingerprint density at radius 2 is 2.06 bits per heavy atom. The summed E-state index contributed by atoms with van der Waals surface area (Å²) in [6, 6.07) is 2.70. The van der Waals surface area contributed by atoms with Gasteiger partial charge in [-0.05, 0) is 43.9 Å². The molecule has 1 aliphatic carbocycles. The minimum atomic E-state index is -4.81. The van der Waals surface area contributed by atoms with Crippen LogP contribution in [0.5, 0.6) is 5.75 Å². The second-order valence-corrected chi connectivity index (χ2v) is 10.2.